The van der Waals surface area contributed by atoms with E-state index in [0.717, 1.165) is 43.1 Å². The van der Waals surface area contributed by atoms with Gasteiger partial charge in [0.2, 0.25) is 0 Å². The van der Waals surface area contributed by atoms with Crippen molar-refractivity contribution in [2.75, 3.05) is 18.0 Å². The quantitative estimate of drug-likeness (QED) is 0.723. The predicted octanol–water partition coefficient (Wildman–Crippen LogP) is 2.75. The molecule has 152 valence electrons. The molecule has 7 nitrogen and oxygen atoms in total. The second kappa shape index (κ2) is 8.11. The second-order valence-electron chi connectivity index (χ2n) is 7.93. The third kappa shape index (κ3) is 4.04. The molecule has 1 N–H and O–H groups in total. The molecule has 1 aliphatic heterocycles. The van der Waals surface area contributed by atoms with Crippen molar-refractivity contribution in [3.63, 3.8) is 0 Å². The molecule has 0 atom stereocenters. The molecule has 1 fully saturated rings. The van der Waals surface area contributed by atoms with Crippen molar-refractivity contribution < 1.29 is 0 Å². The molecule has 0 unspecified atom stereocenters. The van der Waals surface area contributed by atoms with Crippen LogP contribution >= 0.6 is 0 Å². The van der Waals surface area contributed by atoms with Crippen LogP contribution in [0.4, 0.5) is 5.82 Å². The van der Waals surface area contributed by atoms with Crippen LogP contribution in [0.3, 0.4) is 0 Å². The molecule has 0 spiro atoms. The Bertz CT molecular complexity index is 1070. The molecule has 1 aliphatic rings. The summed E-state index contributed by atoms with van der Waals surface area (Å²) >= 11 is 0. The number of nitrogens with one attached hydrogen (secondary N) is 1. The van der Waals surface area contributed by atoms with Crippen LogP contribution in [-0.2, 0) is 6.54 Å². The maximum Gasteiger partial charge on any atom is 0.343 e. The lowest BCUT2D eigenvalue weighted by molar-refractivity contribution is 0.353. The molecule has 1 saturated heterocycles. The Kier molecular flexibility index (Phi) is 5.38. The van der Waals surface area contributed by atoms with Gasteiger partial charge in [-0.05, 0) is 24.5 Å². The van der Waals surface area contributed by atoms with Gasteiger partial charge in [0.15, 0.2) is 0 Å². The highest BCUT2D eigenvalue weighted by Crippen LogP contribution is 2.25. The van der Waals surface area contributed by atoms with E-state index in [0.29, 0.717) is 6.54 Å². The Hall–Kier alpha value is -3.09. The normalized spacial score (nSPS) is 15.2. The first-order valence-corrected chi connectivity index (χ1v) is 10.2. The summed E-state index contributed by atoms with van der Waals surface area (Å²) in [6.45, 7) is 6.14. The summed E-state index contributed by atoms with van der Waals surface area (Å²) in [6.07, 6.45) is 1.63. The fourth-order valence-corrected chi connectivity index (χ4v) is 3.91. The van der Waals surface area contributed by atoms with Gasteiger partial charge in [0.1, 0.15) is 11.6 Å². The van der Waals surface area contributed by atoms with E-state index >= 15 is 0 Å². The molecule has 3 heterocycles. The minimum absolute atomic E-state index is 0.00132. The van der Waals surface area contributed by atoms with Crippen LogP contribution in [0.5, 0.6) is 0 Å². The molecule has 1 aromatic carbocycles. The minimum Gasteiger partial charge on any atom is -0.358 e. The summed E-state index contributed by atoms with van der Waals surface area (Å²) in [6, 6.07) is 15.5. The Morgan fingerprint density at radius 2 is 1.76 bits per heavy atom. The summed E-state index contributed by atoms with van der Waals surface area (Å²) in [7, 11) is 0. The third-order valence-electron chi connectivity index (χ3n) is 5.55. The highest BCUT2D eigenvalue weighted by atomic mass is 16.2. The number of hydrogen-bond donors (Lipinski definition) is 1. The summed E-state index contributed by atoms with van der Waals surface area (Å²) in [5, 5.41) is 4.49. The number of pyridine rings is 1. The van der Waals surface area contributed by atoms with E-state index in [4.69, 9.17) is 0 Å². The summed E-state index contributed by atoms with van der Waals surface area (Å²) in [5.41, 5.74) is 0.965. The van der Waals surface area contributed by atoms with Crippen LogP contribution in [0.15, 0.2) is 58.1 Å². The molecular weight excluding hydrogens is 366 g/mol. The fraction of sp³-hybridized carbons (Fsp3) is 0.409. The standard InChI is InChI=1S/C22H27N5O2/c1-16(2)21-23-22(29)27(24-21)18-11-13-25(14-12-18)19-9-6-10-20(28)26(19)15-17-7-4-3-5-8-17/h3-10,16,18H,11-15H2,1-2H3,(H,23,24,29). The molecule has 0 aliphatic carbocycles. The van der Waals surface area contributed by atoms with Gasteiger partial charge >= 0.3 is 5.69 Å². The van der Waals surface area contributed by atoms with Crippen LogP contribution in [0, 0.1) is 0 Å². The van der Waals surface area contributed by atoms with Crippen molar-refractivity contribution >= 4 is 5.82 Å². The van der Waals surface area contributed by atoms with Gasteiger partial charge in [-0.15, -0.1) is 0 Å². The number of H-pyrrole nitrogens is 1. The van der Waals surface area contributed by atoms with Gasteiger partial charge in [-0.25, -0.2) is 9.48 Å². The van der Waals surface area contributed by atoms with Crippen molar-refractivity contribution in [3.05, 3.63) is 80.8 Å². The predicted molar refractivity (Wildman–Crippen MR) is 114 cm³/mol. The number of aromatic amines is 1. The molecular formula is C22H27N5O2. The average Bonchev–Trinajstić information content (AvgIpc) is 3.12. The van der Waals surface area contributed by atoms with E-state index in [1.165, 1.54) is 0 Å². The van der Waals surface area contributed by atoms with Gasteiger partial charge < -0.3 is 4.90 Å². The maximum absolute atomic E-state index is 12.6. The minimum atomic E-state index is -0.132. The summed E-state index contributed by atoms with van der Waals surface area (Å²) < 4.78 is 3.43. The lowest BCUT2D eigenvalue weighted by Crippen LogP contribution is -2.40. The molecule has 0 bridgehead atoms. The smallest absolute Gasteiger partial charge is 0.343 e. The highest BCUT2D eigenvalue weighted by molar-refractivity contribution is 5.41. The zero-order valence-corrected chi connectivity index (χ0v) is 16.9. The molecule has 3 aromatic rings. The number of benzene rings is 1. The van der Waals surface area contributed by atoms with Crippen molar-refractivity contribution in [2.24, 2.45) is 0 Å². The molecule has 7 heteroatoms. The van der Waals surface area contributed by atoms with E-state index in [9.17, 15) is 9.59 Å². The first kappa shape index (κ1) is 19.2. The highest BCUT2D eigenvalue weighted by Gasteiger charge is 2.25. The Morgan fingerprint density at radius 3 is 2.41 bits per heavy atom. The van der Waals surface area contributed by atoms with Crippen LogP contribution in [0.1, 0.15) is 50.0 Å². The van der Waals surface area contributed by atoms with Crippen LogP contribution in [-0.4, -0.2) is 32.4 Å². The van der Waals surface area contributed by atoms with E-state index in [1.54, 1.807) is 10.7 Å². The molecule has 0 saturated carbocycles. The number of nitrogens with zero attached hydrogens (tertiary/aromatic N) is 4. The Balaban J connectivity index is 1.53. The van der Waals surface area contributed by atoms with Gasteiger partial charge in [0, 0.05) is 25.1 Å². The molecule has 29 heavy (non-hydrogen) atoms. The van der Waals surface area contributed by atoms with Gasteiger partial charge in [-0.1, -0.05) is 50.2 Å². The number of hydrogen-bond acceptors (Lipinski definition) is 4. The number of aromatic nitrogens is 4. The monoisotopic (exact) mass is 393 g/mol. The lowest BCUT2D eigenvalue weighted by Gasteiger charge is -2.34. The number of piperidine rings is 1. The molecule has 2 aromatic heterocycles. The van der Waals surface area contributed by atoms with Crippen LogP contribution < -0.4 is 16.1 Å². The Morgan fingerprint density at radius 1 is 1.03 bits per heavy atom. The fourth-order valence-electron chi connectivity index (χ4n) is 3.91. The van der Waals surface area contributed by atoms with Gasteiger partial charge in [0.25, 0.3) is 5.56 Å². The van der Waals surface area contributed by atoms with Crippen LogP contribution in [0.2, 0.25) is 0 Å². The first-order valence-electron chi connectivity index (χ1n) is 10.2. The third-order valence-corrected chi connectivity index (χ3v) is 5.55. The number of anilines is 1. The van der Waals surface area contributed by atoms with E-state index in [1.807, 2.05) is 60.9 Å². The molecule has 4 rings (SSSR count). The first-order chi connectivity index (χ1) is 14.0. The second-order valence-corrected chi connectivity index (χ2v) is 7.93. The molecule has 0 radical (unpaired) electrons. The van der Waals surface area contributed by atoms with E-state index in [-0.39, 0.29) is 23.2 Å². The van der Waals surface area contributed by atoms with Crippen molar-refractivity contribution in [3.8, 4) is 0 Å². The van der Waals surface area contributed by atoms with Gasteiger partial charge in [0.05, 0.1) is 12.6 Å². The van der Waals surface area contributed by atoms with Crippen molar-refractivity contribution in [2.45, 2.75) is 45.2 Å². The SMILES string of the molecule is CC(C)c1nn(C2CCN(c3cccc(=O)n3Cc3ccccc3)CC2)c(=O)[nH]1. The van der Waals surface area contributed by atoms with Crippen LogP contribution in [0.25, 0.3) is 0 Å². The number of rotatable bonds is 5. The van der Waals surface area contributed by atoms with Crippen molar-refractivity contribution in [1.29, 1.82) is 0 Å². The summed E-state index contributed by atoms with van der Waals surface area (Å²) in [4.78, 5) is 29.9. The Labute approximate surface area is 169 Å². The van der Waals surface area contributed by atoms with E-state index < -0.39 is 0 Å². The zero-order chi connectivity index (χ0) is 20.4. The lowest BCUT2D eigenvalue weighted by atomic mass is 10.1. The molecule has 0 amide bonds. The van der Waals surface area contributed by atoms with E-state index in [2.05, 4.69) is 15.0 Å². The maximum atomic E-state index is 12.6. The van der Waals surface area contributed by atoms with Gasteiger partial charge in [-0.2, -0.15) is 5.10 Å². The van der Waals surface area contributed by atoms with Gasteiger partial charge in [-0.3, -0.25) is 14.3 Å². The topological polar surface area (TPSA) is 75.9 Å². The van der Waals surface area contributed by atoms with Crippen molar-refractivity contribution in [1.82, 2.24) is 19.3 Å². The average molecular weight is 393 g/mol. The largest absolute Gasteiger partial charge is 0.358 e. The summed E-state index contributed by atoms with van der Waals surface area (Å²) in [5.74, 6) is 1.86. The zero-order valence-electron chi connectivity index (χ0n) is 16.9.